The van der Waals surface area contributed by atoms with E-state index in [1.807, 2.05) is 0 Å². The van der Waals surface area contributed by atoms with E-state index in [9.17, 15) is 14.7 Å². The summed E-state index contributed by atoms with van der Waals surface area (Å²) in [5.74, 6) is 0.107. The second kappa shape index (κ2) is 11.0. The molecule has 2 amide bonds. The number of likely N-dealkylation sites (tertiary alicyclic amines) is 1. The summed E-state index contributed by atoms with van der Waals surface area (Å²) in [7, 11) is 1.48. The zero-order valence-corrected chi connectivity index (χ0v) is 18.0. The molecule has 0 aromatic heterocycles. The molecule has 0 bridgehead atoms. The predicted octanol–water partition coefficient (Wildman–Crippen LogP) is 1.45. The Kier molecular flexibility index (Phi) is 9.70. The maximum absolute atomic E-state index is 12.5. The Morgan fingerprint density at radius 2 is 1.78 bits per heavy atom. The third kappa shape index (κ3) is 8.15. The molecule has 2 rings (SSSR count). The van der Waals surface area contributed by atoms with E-state index in [0.29, 0.717) is 38.4 Å². The molecular formula is C20H39N3O4. The van der Waals surface area contributed by atoms with E-state index in [2.05, 4.69) is 39.9 Å². The molecule has 0 spiro atoms. The molecule has 2 aliphatic heterocycles. The summed E-state index contributed by atoms with van der Waals surface area (Å²) in [6.07, 6.45) is 1.59. The fourth-order valence-corrected chi connectivity index (χ4v) is 3.18. The predicted molar refractivity (Wildman–Crippen MR) is 106 cm³/mol. The van der Waals surface area contributed by atoms with Gasteiger partial charge in [-0.15, -0.1) is 0 Å². The van der Waals surface area contributed by atoms with Crippen LogP contribution >= 0.6 is 0 Å². The zero-order valence-electron chi connectivity index (χ0n) is 18.0. The lowest BCUT2D eigenvalue weighted by atomic mass is 10.0. The average molecular weight is 386 g/mol. The van der Waals surface area contributed by atoms with Gasteiger partial charge in [0.05, 0.1) is 12.6 Å². The van der Waals surface area contributed by atoms with Crippen LogP contribution in [0.1, 0.15) is 53.9 Å². The molecule has 1 unspecified atom stereocenters. The number of piperidine rings is 1. The number of carbonyl (C=O) groups is 2. The van der Waals surface area contributed by atoms with Crippen LogP contribution in [0.2, 0.25) is 0 Å². The lowest BCUT2D eigenvalue weighted by Crippen LogP contribution is -2.58. The first-order chi connectivity index (χ1) is 12.6. The Hall–Kier alpha value is -1.18. The molecular weight excluding hydrogens is 346 g/mol. The first kappa shape index (κ1) is 23.9. The summed E-state index contributed by atoms with van der Waals surface area (Å²) >= 11 is 0. The van der Waals surface area contributed by atoms with Crippen LogP contribution in [-0.2, 0) is 14.3 Å². The van der Waals surface area contributed by atoms with Gasteiger partial charge in [0, 0.05) is 46.1 Å². The van der Waals surface area contributed by atoms with E-state index in [4.69, 9.17) is 4.74 Å². The van der Waals surface area contributed by atoms with Gasteiger partial charge in [-0.3, -0.25) is 9.59 Å². The first-order valence-electron chi connectivity index (χ1n) is 10.2. The highest BCUT2D eigenvalue weighted by molar-refractivity contribution is 5.88. The Morgan fingerprint density at radius 3 is 2.26 bits per heavy atom. The second-order valence-electron chi connectivity index (χ2n) is 8.66. The number of nitrogens with one attached hydrogen (secondary N) is 1. The Bertz CT molecular complexity index is 471. The number of nitrogens with zero attached hydrogens (tertiary/aromatic N) is 2. The van der Waals surface area contributed by atoms with E-state index in [1.54, 1.807) is 9.80 Å². The van der Waals surface area contributed by atoms with Gasteiger partial charge < -0.3 is 25.0 Å². The lowest BCUT2D eigenvalue weighted by molar-refractivity contribution is -0.210. The van der Waals surface area contributed by atoms with Crippen molar-refractivity contribution < 1.29 is 19.4 Å². The van der Waals surface area contributed by atoms with Crippen LogP contribution in [-0.4, -0.2) is 78.4 Å². The van der Waals surface area contributed by atoms with Crippen LogP contribution < -0.4 is 5.32 Å². The number of hydrogen-bond acceptors (Lipinski definition) is 5. The van der Waals surface area contributed by atoms with Crippen molar-refractivity contribution in [2.45, 2.75) is 65.7 Å². The topological polar surface area (TPSA) is 82.1 Å². The molecule has 27 heavy (non-hydrogen) atoms. The standard InChI is InChI=1S/C16H29N3O4.C4H10/c1-12(2)10-13-15(21)19(9-6-17-13)11-14(20)18-7-4-16(22,23-3)5-8-18;1-4(2)3/h12-13,17,22H,4-11H2,1-3H3;4H,1-3H3. The maximum Gasteiger partial charge on any atom is 0.242 e. The molecule has 2 N–H and O–H groups in total. The van der Waals surface area contributed by atoms with Crippen LogP contribution in [0.5, 0.6) is 0 Å². The van der Waals surface area contributed by atoms with Crippen molar-refractivity contribution in [3.63, 3.8) is 0 Å². The molecule has 0 radical (unpaired) electrons. The van der Waals surface area contributed by atoms with Crippen LogP contribution in [0.4, 0.5) is 0 Å². The van der Waals surface area contributed by atoms with Gasteiger partial charge in [0.25, 0.3) is 0 Å². The second-order valence-corrected chi connectivity index (χ2v) is 8.66. The van der Waals surface area contributed by atoms with Crippen LogP contribution in [0.25, 0.3) is 0 Å². The molecule has 0 saturated carbocycles. The molecule has 2 aliphatic rings. The molecule has 0 aromatic carbocycles. The maximum atomic E-state index is 12.5. The number of carbonyl (C=O) groups excluding carboxylic acids is 2. The SMILES string of the molecule is CC(C)C.COC1(O)CCN(C(=O)CN2CCNC(CC(C)C)C2=O)CC1. The van der Waals surface area contributed by atoms with E-state index in [0.717, 1.165) is 18.9 Å². The molecule has 2 fully saturated rings. The van der Waals surface area contributed by atoms with E-state index in [1.165, 1.54) is 7.11 Å². The van der Waals surface area contributed by atoms with Gasteiger partial charge in [-0.1, -0.05) is 34.6 Å². The summed E-state index contributed by atoms with van der Waals surface area (Å²) in [4.78, 5) is 28.3. The number of hydrogen-bond donors (Lipinski definition) is 2. The van der Waals surface area contributed by atoms with Crippen molar-refractivity contribution in [1.82, 2.24) is 15.1 Å². The van der Waals surface area contributed by atoms with Crippen molar-refractivity contribution in [1.29, 1.82) is 0 Å². The van der Waals surface area contributed by atoms with Gasteiger partial charge in [-0.2, -0.15) is 0 Å². The molecule has 1 atom stereocenters. The number of amides is 2. The van der Waals surface area contributed by atoms with Crippen molar-refractivity contribution >= 4 is 11.8 Å². The number of aliphatic hydroxyl groups is 1. The average Bonchev–Trinajstić information content (AvgIpc) is 2.58. The van der Waals surface area contributed by atoms with Crippen molar-refractivity contribution in [3.05, 3.63) is 0 Å². The van der Waals surface area contributed by atoms with Crippen LogP contribution in [0.3, 0.4) is 0 Å². The first-order valence-corrected chi connectivity index (χ1v) is 10.2. The van der Waals surface area contributed by atoms with E-state index >= 15 is 0 Å². The number of rotatable bonds is 5. The fraction of sp³-hybridized carbons (Fsp3) is 0.900. The summed E-state index contributed by atoms with van der Waals surface area (Å²) < 4.78 is 5.07. The summed E-state index contributed by atoms with van der Waals surface area (Å²) in [6.45, 7) is 13.0. The third-order valence-corrected chi connectivity index (χ3v) is 4.69. The smallest absolute Gasteiger partial charge is 0.242 e. The lowest BCUT2D eigenvalue weighted by Gasteiger charge is -2.39. The monoisotopic (exact) mass is 385 g/mol. The minimum absolute atomic E-state index is 0.0173. The van der Waals surface area contributed by atoms with Crippen molar-refractivity contribution in [3.8, 4) is 0 Å². The van der Waals surface area contributed by atoms with Gasteiger partial charge in [0.2, 0.25) is 11.8 Å². The fourth-order valence-electron chi connectivity index (χ4n) is 3.18. The van der Waals surface area contributed by atoms with E-state index < -0.39 is 5.79 Å². The summed E-state index contributed by atoms with van der Waals surface area (Å²) in [5, 5.41) is 13.3. The van der Waals surface area contributed by atoms with Crippen molar-refractivity contribution in [2.75, 3.05) is 39.8 Å². The number of methoxy groups -OCH3 is 1. The molecule has 0 aromatic rings. The minimum Gasteiger partial charge on any atom is -0.365 e. The highest BCUT2D eigenvalue weighted by Crippen LogP contribution is 2.22. The van der Waals surface area contributed by atoms with Gasteiger partial charge in [0.15, 0.2) is 5.79 Å². The summed E-state index contributed by atoms with van der Waals surface area (Å²) in [6, 6.07) is -0.184. The normalized spacial score (nSPS) is 22.7. The van der Waals surface area contributed by atoms with Gasteiger partial charge in [-0.25, -0.2) is 0 Å². The third-order valence-electron chi connectivity index (χ3n) is 4.69. The highest BCUT2D eigenvalue weighted by Gasteiger charge is 2.35. The molecule has 2 heterocycles. The molecule has 2 saturated heterocycles. The number of ether oxygens (including phenoxy) is 1. The Morgan fingerprint density at radius 1 is 1.22 bits per heavy atom. The molecule has 158 valence electrons. The van der Waals surface area contributed by atoms with E-state index in [-0.39, 0.29) is 24.4 Å². The van der Waals surface area contributed by atoms with Crippen molar-refractivity contribution in [2.24, 2.45) is 11.8 Å². The summed E-state index contributed by atoms with van der Waals surface area (Å²) in [5.41, 5.74) is 0. The number of piperazine rings is 1. The van der Waals surface area contributed by atoms with Gasteiger partial charge in [0.1, 0.15) is 0 Å². The Balaban J connectivity index is 0.000000828. The minimum atomic E-state index is -1.12. The molecule has 7 nitrogen and oxygen atoms in total. The highest BCUT2D eigenvalue weighted by atomic mass is 16.6. The molecule has 0 aliphatic carbocycles. The largest absolute Gasteiger partial charge is 0.365 e. The van der Waals surface area contributed by atoms with Gasteiger partial charge >= 0.3 is 0 Å². The Labute approximate surface area is 164 Å². The zero-order chi connectivity index (χ0) is 20.6. The van der Waals surface area contributed by atoms with Gasteiger partial charge in [-0.05, 0) is 18.3 Å². The van der Waals surface area contributed by atoms with Crippen LogP contribution in [0.15, 0.2) is 0 Å². The van der Waals surface area contributed by atoms with Crippen LogP contribution in [0, 0.1) is 11.8 Å². The molecule has 7 heteroatoms. The quantitative estimate of drug-likeness (QED) is 0.700.